The molecule has 4 rings (SSSR count). The van der Waals surface area contributed by atoms with Crippen molar-refractivity contribution in [3.63, 3.8) is 0 Å². The van der Waals surface area contributed by atoms with Crippen LogP contribution >= 0.6 is 11.3 Å². The number of thiophene rings is 1. The van der Waals surface area contributed by atoms with Crippen molar-refractivity contribution in [3.05, 3.63) is 75.4 Å². The molecule has 0 bridgehead atoms. The van der Waals surface area contributed by atoms with Gasteiger partial charge in [-0.05, 0) is 48.1 Å². The molecule has 1 amide bonds. The lowest BCUT2D eigenvalue weighted by atomic mass is 10.1. The van der Waals surface area contributed by atoms with Gasteiger partial charge in [-0.15, -0.1) is 11.3 Å². The first-order valence-corrected chi connectivity index (χ1v) is 10.4. The predicted molar refractivity (Wildman–Crippen MR) is 114 cm³/mol. The normalized spacial score (nSPS) is 13.7. The number of anilines is 1. The summed E-state index contributed by atoms with van der Waals surface area (Å²) in [6.45, 7) is 2.58. The Labute approximate surface area is 168 Å². The molecule has 3 heterocycles. The van der Waals surface area contributed by atoms with E-state index < -0.39 is 0 Å². The molecule has 0 radical (unpaired) electrons. The van der Waals surface area contributed by atoms with E-state index in [9.17, 15) is 9.59 Å². The van der Waals surface area contributed by atoms with Crippen LogP contribution in [0.15, 0.2) is 58.7 Å². The highest BCUT2D eigenvalue weighted by molar-refractivity contribution is 7.13. The third-order valence-corrected chi connectivity index (χ3v) is 6.02. The number of carbonyl (C=O) groups excluding carboxylic acids is 1. The highest BCUT2D eigenvalue weighted by Crippen LogP contribution is 2.26. The summed E-state index contributed by atoms with van der Waals surface area (Å²) in [5, 5.41) is 1.96. The van der Waals surface area contributed by atoms with E-state index in [1.54, 1.807) is 35.4 Å². The number of rotatable bonds is 5. The number of para-hydroxylation sites is 1. The molecule has 0 saturated carbocycles. The largest absolute Gasteiger partial charge is 0.371 e. The number of pyridine rings is 1. The molecular weight excluding hydrogens is 370 g/mol. The van der Waals surface area contributed by atoms with Crippen LogP contribution in [0.2, 0.25) is 0 Å². The number of hydrogen-bond donors (Lipinski definition) is 1. The molecule has 1 aliphatic heterocycles. The Morgan fingerprint density at radius 1 is 1.11 bits per heavy atom. The lowest BCUT2D eigenvalue weighted by molar-refractivity contribution is 0.0783. The van der Waals surface area contributed by atoms with E-state index >= 15 is 0 Å². The molecule has 6 heteroatoms. The average Bonchev–Trinajstić information content (AvgIpc) is 3.42. The SMILES string of the molecule is CN(Cc1ccccc1N1CCCC1)C(=O)c1ccc(-c2cccs2)[nH]c1=O. The molecule has 1 aromatic carbocycles. The summed E-state index contributed by atoms with van der Waals surface area (Å²) in [5.41, 5.74) is 2.84. The molecule has 1 saturated heterocycles. The Morgan fingerprint density at radius 3 is 2.61 bits per heavy atom. The molecule has 5 nitrogen and oxygen atoms in total. The van der Waals surface area contributed by atoms with Crippen LogP contribution in [-0.4, -0.2) is 35.9 Å². The van der Waals surface area contributed by atoms with Crippen LogP contribution < -0.4 is 10.5 Å². The molecule has 144 valence electrons. The van der Waals surface area contributed by atoms with Crippen molar-refractivity contribution in [1.29, 1.82) is 0 Å². The molecule has 2 aromatic heterocycles. The number of aromatic nitrogens is 1. The van der Waals surface area contributed by atoms with Crippen molar-refractivity contribution < 1.29 is 4.79 Å². The Bertz CT molecular complexity index is 1020. The summed E-state index contributed by atoms with van der Waals surface area (Å²) >= 11 is 1.55. The minimum absolute atomic E-state index is 0.168. The van der Waals surface area contributed by atoms with Crippen molar-refractivity contribution in [2.75, 3.05) is 25.0 Å². The van der Waals surface area contributed by atoms with Crippen LogP contribution in [0, 0.1) is 0 Å². The summed E-state index contributed by atoms with van der Waals surface area (Å²) in [4.78, 5) is 33.2. The number of nitrogens with zero attached hydrogens (tertiary/aromatic N) is 2. The van der Waals surface area contributed by atoms with Gasteiger partial charge in [0.25, 0.3) is 11.5 Å². The summed E-state index contributed by atoms with van der Waals surface area (Å²) < 4.78 is 0. The number of hydrogen-bond acceptors (Lipinski definition) is 4. The first kappa shape index (κ1) is 18.5. The molecular formula is C22H23N3O2S. The third-order valence-electron chi connectivity index (χ3n) is 5.12. The van der Waals surface area contributed by atoms with Gasteiger partial charge in [-0.2, -0.15) is 0 Å². The smallest absolute Gasteiger partial charge is 0.261 e. The van der Waals surface area contributed by atoms with Gasteiger partial charge in [0.2, 0.25) is 0 Å². The summed E-state index contributed by atoms with van der Waals surface area (Å²) in [5.74, 6) is -0.268. The Hall–Kier alpha value is -2.86. The van der Waals surface area contributed by atoms with Crippen molar-refractivity contribution in [2.45, 2.75) is 19.4 Å². The zero-order valence-electron chi connectivity index (χ0n) is 15.9. The first-order valence-electron chi connectivity index (χ1n) is 9.49. The fraction of sp³-hybridized carbons (Fsp3) is 0.273. The van der Waals surface area contributed by atoms with Crippen LogP contribution in [0.4, 0.5) is 5.69 Å². The van der Waals surface area contributed by atoms with E-state index in [1.807, 2.05) is 29.6 Å². The van der Waals surface area contributed by atoms with Gasteiger partial charge in [-0.1, -0.05) is 24.3 Å². The number of aromatic amines is 1. The van der Waals surface area contributed by atoms with Crippen molar-refractivity contribution in [2.24, 2.45) is 0 Å². The van der Waals surface area contributed by atoms with Gasteiger partial charge in [0, 0.05) is 32.4 Å². The van der Waals surface area contributed by atoms with Crippen molar-refractivity contribution in [3.8, 4) is 10.6 Å². The minimum atomic E-state index is -0.351. The first-order chi connectivity index (χ1) is 13.6. The molecule has 3 aromatic rings. The lowest BCUT2D eigenvalue weighted by Crippen LogP contribution is -2.32. The van der Waals surface area contributed by atoms with E-state index in [0.29, 0.717) is 6.54 Å². The Balaban J connectivity index is 1.54. The van der Waals surface area contributed by atoms with E-state index in [2.05, 4.69) is 22.0 Å². The van der Waals surface area contributed by atoms with Gasteiger partial charge in [-0.3, -0.25) is 9.59 Å². The summed E-state index contributed by atoms with van der Waals surface area (Å²) in [6.07, 6.45) is 2.41. The molecule has 0 atom stereocenters. The molecule has 1 N–H and O–H groups in total. The standard InChI is InChI=1S/C22H23N3O2S/c1-24(15-16-7-2-3-8-19(16)25-12-4-5-13-25)22(27)17-10-11-18(23-21(17)26)20-9-6-14-28-20/h2-3,6-11,14H,4-5,12-13,15H2,1H3,(H,23,26). The second-order valence-electron chi connectivity index (χ2n) is 7.08. The van der Waals surface area contributed by atoms with Crippen molar-refractivity contribution in [1.82, 2.24) is 9.88 Å². The topological polar surface area (TPSA) is 56.4 Å². The monoisotopic (exact) mass is 393 g/mol. The Morgan fingerprint density at radius 2 is 1.89 bits per heavy atom. The van der Waals surface area contributed by atoms with Gasteiger partial charge in [0.1, 0.15) is 5.56 Å². The Kier molecular flexibility index (Phi) is 5.30. The van der Waals surface area contributed by atoms with Crippen LogP contribution in [0.25, 0.3) is 10.6 Å². The lowest BCUT2D eigenvalue weighted by Gasteiger charge is -2.24. The van der Waals surface area contributed by atoms with Crippen LogP contribution in [0.3, 0.4) is 0 Å². The predicted octanol–water partition coefficient (Wildman–Crippen LogP) is 3.98. The quantitative estimate of drug-likeness (QED) is 0.713. The van der Waals surface area contributed by atoms with E-state index in [4.69, 9.17) is 0 Å². The van der Waals surface area contributed by atoms with Crippen LogP contribution in [0.5, 0.6) is 0 Å². The highest BCUT2D eigenvalue weighted by Gasteiger charge is 2.20. The third kappa shape index (κ3) is 3.73. The van der Waals surface area contributed by atoms with Gasteiger partial charge in [0.05, 0.1) is 10.6 Å². The van der Waals surface area contributed by atoms with Crippen molar-refractivity contribution >= 4 is 22.9 Å². The van der Waals surface area contributed by atoms with Gasteiger partial charge in [0.15, 0.2) is 0 Å². The molecule has 0 spiro atoms. The number of H-pyrrole nitrogens is 1. The van der Waals surface area contributed by atoms with Crippen LogP contribution in [0.1, 0.15) is 28.8 Å². The molecule has 1 aliphatic rings. The van der Waals surface area contributed by atoms with Gasteiger partial charge in [-0.25, -0.2) is 0 Å². The summed E-state index contributed by atoms with van der Waals surface area (Å²) in [6, 6.07) is 15.5. The van der Waals surface area contributed by atoms with Crippen LogP contribution in [-0.2, 0) is 6.54 Å². The van der Waals surface area contributed by atoms with E-state index in [0.717, 1.165) is 29.2 Å². The number of carbonyl (C=O) groups is 1. The second-order valence-corrected chi connectivity index (χ2v) is 8.02. The average molecular weight is 394 g/mol. The summed E-state index contributed by atoms with van der Waals surface area (Å²) in [7, 11) is 1.75. The zero-order chi connectivity index (χ0) is 19.5. The maximum Gasteiger partial charge on any atom is 0.261 e. The maximum atomic E-state index is 12.9. The van der Waals surface area contributed by atoms with Gasteiger partial charge < -0.3 is 14.8 Å². The molecule has 0 aliphatic carbocycles. The van der Waals surface area contributed by atoms with Gasteiger partial charge >= 0.3 is 0 Å². The number of benzene rings is 1. The number of nitrogens with one attached hydrogen (secondary N) is 1. The number of amides is 1. The zero-order valence-corrected chi connectivity index (χ0v) is 16.7. The molecule has 0 unspecified atom stereocenters. The van der Waals surface area contributed by atoms with E-state index in [1.165, 1.54) is 18.5 Å². The second kappa shape index (κ2) is 8.02. The fourth-order valence-electron chi connectivity index (χ4n) is 3.66. The van der Waals surface area contributed by atoms with E-state index in [-0.39, 0.29) is 17.0 Å². The molecule has 1 fully saturated rings. The minimum Gasteiger partial charge on any atom is -0.371 e. The fourth-order valence-corrected chi connectivity index (χ4v) is 4.37. The maximum absolute atomic E-state index is 12.9. The molecule has 28 heavy (non-hydrogen) atoms. The highest BCUT2D eigenvalue weighted by atomic mass is 32.1.